The number of phenols is 1. The molecular formula is C15H12F3NO2. The number of halogens is 3. The maximum Gasteiger partial charge on any atom is 0.416 e. The molecule has 1 N–H and O–H groups in total. The van der Waals surface area contributed by atoms with Crippen LogP contribution >= 0.6 is 0 Å². The Bertz CT molecular complexity index is 649. The normalized spacial score (nSPS) is 11.8. The first-order valence-electron chi connectivity index (χ1n) is 5.99. The Kier molecular flexibility index (Phi) is 4.16. The van der Waals surface area contributed by atoms with E-state index < -0.39 is 11.7 Å². The molecule has 110 valence electrons. The van der Waals surface area contributed by atoms with Gasteiger partial charge in [-0.3, -0.25) is 4.99 Å². The van der Waals surface area contributed by atoms with E-state index in [0.717, 1.165) is 12.1 Å². The van der Waals surface area contributed by atoms with Gasteiger partial charge in [0.05, 0.1) is 18.4 Å². The summed E-state index contributed by atoms with van der Waals surface area (Å²) in [6.45, 7) is 0. The molecule has 21 heavy (non-hydrogen) atoms. The summed E-state index contributed by atoms with van der Waals surface area (Å²) in [7, 11) is 1.42. The lowest BCUT2D eigenvalue weighted by molar-refractivity contribution is -0.137. The number of aromatic hydroxyl groups is 1. The summed E-state index contributed by atoms with van der Waals surface area (Å²) in [5.74, 6) is 0.224. The Morgan fingerprint density at radius 2 is 1.76 bits per heavy atom. The van der Waals surface area contributed by atoms with Crippen molar-refractivity contribution in [3.8, 4) is 11.5 Å². The molecule has 6 heteroatoms. The van der Waals surface area contributed by atoms with Crippen LogP contribution in [-0.4, -0.2) is 18.4 Å². The highest BCUT2D eigenvalue weighted by molar-refractivity contribution is 5.86. The Balaban J connectivity index is 2.22. The molecule has 0 radical (unpaired) electrons. The van der Waals surface area contributed by atoms with Gasteiger partial charge in [0.2, 0.25) is 0 Å². The largest absolute Gasteiger partial charge is 0.504 e. The number of hydrogen-bond acceptors (Lipinski definition) is 3. The number of rotatable bonds is 3. The number of phenolic OH excluding ortho intramolecular Hbond substituents is 1. The summed E-state index contributed by atoms with van der Waals surface area (Å²) in [5, 5.41) is 9.85. The van der Waals surface area contributed by atoms with Gasteiger partial charge in [-0.2, -0.15) is 13.2 Å². The number of ether oxygens (including phenoxy) is 1. The maximum atomic E-state index is 12.4. The summed E-state index contributed by atoms with van der Waals surface area (Å²) < 4.78 is 42.2. The summed E-state index contributed by atoms with van der Waals surface area (Å²) in [6.07, 6.45) is -3.01. The average Bonchev–Trinajstić information content (AvgIpc) is 2.46. The first-order valence-corrected chi connectivity index (χ1v) is 5.99. The van der Waals surface area contributed by atoms with Gasteiger partial charge in [-0.1, -0.05) is 6.07 Å². The van der Waals surface area contributed by atoms with E-state index in [1.807, 2.05) is 0 Å². The van der Waals surface area contributed by atoms with Gasteiger partial charge in [-0.05, 0) is 36.4 Å². The lowest BCUT2D eigenvalue weighted by Gasteiger charge is -2.06. The van der Waals surface area contributed by atoms with Gasteiger partial charge >= 0.3 is 6.18 Å². The molecule has 0 atom stereocenters. The predicted molar refractivity (Wildman–Crippen MR) is 73.4 cm³/mol. The van der Waals surface area contributed by atoms with Crippen molar-refractivity contribution < 1.29 is 23.0 Å². The molecule has 0 bridgehead atoms. The van der Waals surface area contributed by atoms with Crippen LogP contribution in [0.4, 0.5) is 18.9 Å². The fourth-order valence-electron chi connectivity index (χ4n) is 1.69. The van der Waals surface area contributed by atoms with Gasteiger partial charge in [-0.15, -0.1) is 0 Å². The van der Waals surface area contributed by atoms with Gasteiger partial charge in [0.15, 0.2) is 11.5 Å². The highest BCUT2D eigenvalue weighted by atomic mass is 19.4. The zero-order valence-electron chi connectivity index (χ0n) is 11.1. The van der Waals surface area contributed by atoms with Crippen LogP contribution in [0.2, 0.25) is 0 Å². The fourth-order valence-corrected chi connectivity index (χ4v) is 1.69. The van der Waals surface area contributed by atoms with E-state index in [1.165, 1.54) is 25.5 Å². The first kappa shape index (κ1) is 14.9. The van der Waals surface area contributed by atoms with Crippen LogP contribution in [0.5, 0.6) is 11.5 Å². The molecule has 0 fully saturated rings. The van der Waals surface area contributed by atoms with Crippen molar-refractivity contribution in [3.05, 3.63) is 53.6 Å². The number of aliphatic imine (C=N–C) groups is 1. The fraction of sp³-hybridized carbons (Fsp3) is 0.133. The van der Waals surface area contributed by atoms with Crippen molar-refractivity contribution in [1.29, 1.82) is 0 Å². The minimum atomic E-state index is -4.37. The Labute approximate surface area is 119 Å². The molecule has 0 amide bonds. The number of nitrogens with zero attached hydrogens (tertiary/aromatic N) is 1. The molecule has 2 aromatic carbocycles. The standard InChI is InChI=1S/C15H12F3NO2/c1-21-13-4-2-3-10(14(13)20)9-19-12-7-5-11(6-8-12)15(16,17)18/h2-9,20H,1H3. The lowest BCUT2D eigenvalue weighted by atomic mass is 10.2. The Morgan fingerprint density at radius 3 is 2.33 bits per heavy atom. The van der Waals surface area contributed by atoms with Gasteiger partial charge in [0, 0.05) is 11.8 Å². The maximum absolute atomic E-state index is 12.4. The molecule has 0 spiro atoms. The Morgan fingerprint density at radius 1 is 1.10 bits per heavy atom. The zero-order chi connectivity index (χ0) is 15.5. The Hall–Kier alpha value is -2.50. The molecule has 0 saturated heterocycles. The van der Waals surface area contributed by atoms with Gasteiger partial charge in [0.25, 0.3) is 0 Å². The topological polar surface area (TPSA) is 41.8 Å². The molecule has 2 rings (SSSR count). The number of alkyl halides is 3. The third-order valence-electron chi connectivity index (χ3n) is 2.80. The second-order valence-corrected chi connectivity index (χ2v) is 4.20. The number of hydrogen-bond donors (Lipinski definition) is 1. The molecule has 0 heterocycles. The number of para-hydroxylation sites is 1. The predicted octanol–water partition coefficient (Wildman–Crippen LogP) is 4.17. The molecular weight excluding hydrogens is 283 g/mol. The lowest BCUT2D eigenvalue weighted by Crippen LogP contribution is -2.03. The van der Waals surface area contributed by atoms with Gasteiger partial charge in [-0.25, -0.2) is 0 Å². The molecule has 0 saturated carbocycles. The monoisotopic (exact) mass is 295 g/mol. The van der Waals surface area contributed by atoms with E-state index in [4.69, 9.17) is 4.74 Å². The second-order valence-electron chi connectivity index (χ2n) is 4.20. The first-order chi connectivity index (χ1) is 9.91. The van der Waals surface area contributed by atoms with Crippen molar-refractivity contribution in [2.45, 2.75) is 6.18 Å². The zero-order valence-corrected chi connectivity index (χ0v) is 11.1. The van der Waals surface area contributed by atoms with E-state index >= 15 is 0 Å². The summed E-state index contributed by atoms with van der Waals surface area (Å²) in [4.78, 5) is 4.03. The third-order valence-corrected chi connectivity index (χ3v) is 2.80. The number of methoxy groups -OCH3 is 1. The minimum absolute atomic E-state index is 0.0735. The molecule has 0 unspecified atom stereocenters. The summed E-state index contributed by atoms with van der Waals surface area (Å²) >= 11 is 0. The van der Waals surface area contributed by atoms with E-state index in [2.05, 4.69) is 4.99 Å². The van der Waals surface area contributed by atoms with Crippen LogP contribution in [0.25, 0.3) is 0 Å². The molecule has 0 aliphatic heterocycles. The minimum Gasteiger partial charge on any atom is -0.504 e. The highest BCUT2D eigenvalue weighted by Gasteiger charge is 2.29. The smallest absolute Gasteiger partial charge is 0.416 e. The van der Waals surface area contributed by atoms with Crippen molar-refractivity contribution in [2.75, 3.05) is 7.11 Å². The van der Waals surface area contributed by atoms with Gasteiger partial charge in [0.1, 0.15) is 0 Å². The van der Waals surface area contributed by atoms with Crippen molar-refractivity contribution in [1.82, 2.24) is 0 Å². The highest BCUT2D eigenvalue weighted by Crippen LogP contribution is 2.31. The molecule has 0 aliphatic carbocycles. The van der Waals surface area contributed by atoms with Crippen LogP contribution in [-0.2, 0) is 6.18 Å². The van der Waals surface area contributed by atoms with Crippen molar-refractivity contribution in [2.24, 2.45) is 4.99 Å². The molecule has 0 aromatic heterocycles. The van der Waals surface area contributed by atoms with Crippen molar-refractivity contribution >= 4 is 11.9 Å². The van der Waals surface area contributed by atoms with Crippen molar-refractivity contribution in [3.63, 3.8) is 0 Å². The summed E-state index contributed by atoms with van der Waals surface area (Å²) in [5.41, 5.74) is 0.0325. The van der Waals surface area contributed by atoms with Crippen LogP contribution in [0.1, 0.15) is 11.1 Å². The van der Waals surface area contributed by atoms with E-state index in [9.17, 15) is 18.3 Å². The molecule has 3 nitrogen and oxygen atoms in total. The second kappa shape index (κ2) is 5.87. The SMILES string of the molecule is COc1cccc(C=Nc2ccc(C(F)(F)F)cc2)c1O. The van der Waals surface area contributed by atoms with Crippen LogP contribution in [0.3, 0.4) is 0 Å². The van der Waals surface area contributed by atoms with E-state index in [-0.39, 0.29) is 5.75 Å². The number of benzene rings is 2. The molecule has 2 aromatic rings. The van der Waals surface area contributed by atoms with E-state index in [0.29, 0.717) is 17.0 Å². The summed E-state index contributed by atoms with van der Waals surface area (Å²) in [6, 6.07) is 9.31. The third kappa shape index (κ3) is 3.53. The van der Waals surface area contributed by atoms with E-state index in [1.54, 1.807) is 18.2 Å². The van der Waals surface area contributed by atoms with Gasteiger partial charge < -0.3 is 9.84 Å². The van der Waals surface area contributed by atoms with Crippen LogP contribution in [0.15, 0.2) is 47.5 Å². The average molecular weight is 295 g/mol. The van der Waals surface area contributed by atoms with Crippen LogP contribution < -0.4 is 4.74 Å². The van der Waals surface area contributed by atoms with Crippen LogP contribution in [0, 0.1) is 0 Å². The molecule has 0 aliphatic rings. The quantitative estimate of drug-likeness (QED) is 0.863.